The maximum atomic E-state index is 2.53. The van der Waals surface area contributed by atoms with Crippen molar-refractivity contribution in [3.8, 4) is 44.5 Å². The predicted molar refractivity (Wildman–Crippen MR) is 245 cm³/mol. The lowest BCUT2D eigenvalue weighted by molar-refractivity contribution is 1.38. The summed E-state index contributed by atoms with van der Waals surface area (Å²) in [4.78, 5) is 0. The molecule has 0 aliphatic heterocycles. The van der Waals surface area contributed by atoms with Crippen LogP contribution >= 0.6 is 0 Å². The van der Waals surface area contributed by atoms with E-state index in [1.54, 1.807) is 0 Å². The molecule has 10 aromatic carbocycles. The Morgan fingerprint density at radius 3 is 0.607 bits per heavy atom. The normalized spacial score (nSPS) is 11.9. The number of benzene rings is 10. The van der Waals surface area contributed by atoms with Crippen LogP contribution in [0.25, 0.3) is 98.4 Å². The van der Waals surface area contributed by atoms with Gasteiger partial charge in [-0.15, -0.1) is 0 Å². The largest absolute Gasteiger partial charge is 0.0616 e. The van der Waals surface area contributed by atoms with Gasteiger partial charge in [0.15, 0.2) is 0 Å². The van der Waals surface area contributed by atoms with Crippen LogP contribution in [0.4, 0.5) is 0 Å². The molecule has 0 bridgehead atoms. The lowest BCUT2D eigenvalue weighted by Crippen LogP contribution is -1.98. The fraction of sp³-hybridized carbons (Fsp3) is 0.143. The summed E-state index contributed by atoms with van der Waals surface area (Å²) in [6, 6.07) is 51.8. The highest BCUT2D eigenvalue weighted by atomic mass is 14.3. The van der Waals surface area contributed by atoms with Gasteiger partial charge < -0.3 is 0 Å². The minimum atomic E-state index is 1.27. The second-order valence-electron chi connectivity index (χ2n) is 16.8. The molecule has 270 valence electrons. The molecule has 0 aromatic heterocycles. The highest BCUT2D eigenvalue weighted by Crippen LogP contribution is 2.55. The van der Waals surface area contributed by atoms with Crippen molar-refractivity contribution in [3.63, 3.8) is 0 Å². The lowest BCUT2D eigenvalue weighted by Gasteiger charge is -2.26. The topological polar surface area (TPSA) is 0 Å². The third kappa shape index (κ3) is 5.35. The van der Waals surface area contributed by atoms with Crippen LogP contribution in [0, 0.1) is 55.4 Å². The van der Waals surface area contributed by atoms with Crippen LogP contribution in [-0.2, 0) is 0 Å². The van der Waals surface area contributed by atoms with Crippen molar-refractivity contribution >= 4 is 53.9 Å². The van der Waals surface area contributed by atoms with Gasteiger partial charge in [-0.05, 0) is 166 Å². The van der Waals surface area contributed by atoms with Crippen LogP contribution in [0.3, 0.4) is 0 Å². The fourth-order valence-corrected chi connectivity index (χ4v) is 10.3. The fourth-order valence-electron chi connectivity index (χ4n) is 10.3. The molecule has 0 radical (unpaired) electrons. The summed E-state index contributed by atoms with van der Waals surface area (Å²) in [5.74, 6) is 0. The molecule has 56 heavy (non-hydrogen) atoms. The second kappa shape index (κ2) is 12.7. The zero-order valence-corrected chi connectivity index (χ0v) is 33.7. The molecule has 0 N–H and O–H groups in total. The summed E-state index contributed by atoms with van der Waals surface area (Å²) in [6.45, 7) is 17.8. The predicted octanol–water partition coefficient (Wildman–Crippen LogP) is 16.0. The molecular formula is C56H46. The molecule has 10 rings (SSSR count). The van der Waals surface area contributed by atoms with Crippen molar-refractivity contribution in [3.05, 3.63) is 178 Å². The molecule has 0 amide bonds. The Kier molecular flexibility index (Phi) is 7.74. The molecule has 0 saturated carbocycles. The minimum Gasteiger partial charge on any atom is -0.0616 e. The van der Waals surface area contributed by atoms with Gasteiger partial charge in [-0.3, -0.25) is 0 Å². The zero-order valence-electron chi connectivity index (χ0n) is 33.7. The van der Waals surface area contributed by atoms with E-state index in [4.69, 9.17) is 0 Å². The molecule has 0 heteroatoms. The van der Waals surface area contributed by atoms with Crippen LogP contribution in [0.5, 0.6) is 0 Å². The van der Waals surface area contributed by atoms with E-state index < -0.39 is 0 Å². The van der Waals surface area contributed by atoms with Gasteiger partial charge >= 0.3 is 0 Å². The molecule has 0 aliphatic carbocycles. The summed E-state index contributed by atoms with van der Waals surface area (Å²) >= 11 is 0. The first kappa shape index (κ1) is 34.3. The Morgan fingerprint density at radius 1 is 0.214 bits per heavy atom. The number of aryl methyl sites for hydroxylation is 8. The van der Waals surface area contributed by atoms with Crippen molar-refractivity contribution in [2.24, 2.45) is 0 Å². The molecule has 0 unspecified atom stereocenters. The number of hydrogen-bond acceptors (Lipinski definition) is 0. The van der Waals surface area contributed by atoms with Crippen LogP contribution in [0.1, 0.15) is 44.5 Å². The van der Waals surface area contributed by atoms with E-state index in [-0.39, 0.29) is 0 Å². The second-order valence-corrected chi connectivity index (χ2v) is 16.8. The van der Waals surface area contributed by atoms with E-state index in [1.807, 2.05) is 0 Å². The molecule has 0 fully saturated rings. The van der Waals surface area contributed by atoms with Gasteiger partial charge in [0.25, 0.3) is 0 Å². The minimum absolute atomic E-state index is 1.27. The van der Waals surface area contributed by atoms with Crippen molar-refractivity contribution in [2.45, 2.75) is 55.4 Å². The Balaban J connectivity index is 1.59. The van der Waals surface area contributed by atoms with Gasteiger partial charge in [0.05, 0.1) is 0 Å². The lowest BCUT2D eigenvalue weighted by atomic mass is 9.76. The number of hydrogen-bond donors (Lipinski definition) is 0. The standard InChI is InChI=1S/C56H46/c1-31-17-32(2)22-39(21-31)47-29-48(40-23-33(3)18-34(4)24-40)52-45-15-11-12-16-46(45)54-50(42-27-37(7)20-38(8)28-42)30-49(41-25-35(5)19-36(6)26-41)53-44-14-10-9-13-43(44)51(47)55(52)56(53)54/h9-30H,1-8H3. The van der Waals surface area contributed by atoms with Gasteiger partial charge in [-0.2, -0.15) is 0 Å². The summed E-state index contributed by atoms with van der Waals surface area (Å²) < 4.78 is 0. The van der Waals surface area contributed by atoms with Crippen molar-refractivity contribution in [1.82, 2.24) is 0 Å². The van der Waals surface area contributed by atoms with Gasteiger partial charge in [0.2, 0.25) is 0 Å². The average Bonchev–Trinajstić information content (AvgIpc) is 3.15. The summed E-state index contributed by atoms with van der Waals surface area (Å²) in [6.07, 6.45) is 0. The molecular weight excluding hydrogens is 673 g/mol. The monoisotopic (exact) mass is 718 g/mol. The van der Waals surface area contributed by atoms with Crippen LogP contribution in [0.2, 0.25) is 0 Å². The van der Waals surface area contributed by atoms with Gasteiger partial charge in [-0.25, -0.2) is 0 Å². The van der Waals surface area contributed by atoms with Crippen LogP contribution < -0.4 is 0 Å². The van der Waals surface area contributed by atoms with E-state index in [1.165, 1.54) is 143 Å². The summed E-state index contributed by atoms with van der Waals surface area (Å²) in [5.41, 5.74) is 20.5. The SMILES string of the molecule is Cc1cc(C)cc(-c2cc(-c3cc(C)cc(C)c3)c3c4ccccc4c4c(-c5cc(C)cc(C)c5)cc(-c5cc(C)cc(C)c5)c5c6ccccc6c2c3c54)c1. The van der Waals surface area contributed by atoms with E-state index in [0.29, 0.717) is 0 Å². The van der Waals surface area contributed by atoms with E-state index in [0.717, 1.165) is 0 Å². The van der Waals surface area contributed by atoms with E-state index in [2.05, 4.69) is 189 Å². The highest BCUT2D eigenvalue weighted by Gasteiger charge is 2.27. The van der Waals surface area contributed by atoms with Gasteiger partial charge in [0, 0.05) is 0 Å². The Labute approximate surface area is 330 Å². The summed E-state index contributed by atoms with van der Waals surface area (Å²) in [7, 11) is 0. The maximum Gasteiger partial charge on any atom is -0.0000937 e. The molecule has 0 saturated heterocycles. The first-order valence-corrected chi connectivity index (χ1v) is 20.0. The van der Waals surface area contributed by atoms with Crippen molar-refractivity contribution in [1.29, 1.82) is 0 Å². The molecule has 10 aromatic rings. The molecule has 0 heterocycles. The van der Waals surface area contributed by atoms with Crippen molar-refractivity contribution < 1.29 is 0 Å². The first-order chi connectivity index (χ1) is 27.0. The zero-order chi connectivity index (χ0) is 38.6. The van der Waals surface area contributed by atoms with Crippen LogP contribution in [0.15, 0.2) is 133 Å². The first-order valence-electron chi connectivity index (χ1n) is 20.0. The number of fused-ring (bicyclic) bond motifs is 6. The average molecular weight is 719 g/mol. The van der Waals surface area contributed by atoms with Crippen molar-refractivity contribution in [2.75, 3.05) is 0 Å². The Bertz CT molecular complexity index is 2750. The van der Waals surface area contributed by atoms with Gasteiger partial charge in [0.1, 0.15) is 0 Å². The van der Waals surface area contributed by atoms with Crippen LogP contribution in [-0.4, -0.2) is 0 Å². The molecule has 0 spiro atoms. The highest BCUT2D eigenvalue weighted by molar-refractivity contribution is 6.46. The Hall–Kier alpha value is -6.24. The number of rotatable bonds is 4. The quantitative estimate of drug-likeness (QED) is 0.126. The molecule has 0 aliphatic rings. The molecule has 0 nitrogen and oxygen atoms in total. The molecule has 0 atom stereocenters. The maximum absolute atomic E-state index is 2.53. The third-order valence-corrected chi connectivity index (χ3v) is 12.0. The van der Waals surface area contributed by atoms with E-state index in [9.17, 15) is 0 Å². The smallest absolute Gasteiger partial charge is 0.0000937 e. The third-order valence-electron chi connectivity index (χ3n) is 12.0. The van der Waals surface area contributed by atoms with Gasteiger partial charge in [-0.1, -0.05) is 166 Å². The van der Waals surface area contributed by atoms with E-state index >= 15 is 0 Å². The Morgan fingerprint density at radius 2 is 0.411 bits per heavy atom. The summed E-state index contributed by atoms with van der Waals surface area (Å²) in [5, 5.41) is 13.2.